The lowest BCUT2D eigenvalue weighted by atomic mass is 10.1. The van der Waals surface area contributed by atoms with Crippen LogP contribution in [0.3, 0.4) is 0 Å². The van der Waals surface area contributed by atoms with Crippen LogP contribution in [-0.2, 0) is 20.9 Å². The molecular weight excluding hydrogens is 588 g/mol. The molecule has 2 saturated heterocycles. The number of hydrogen-bond donors (Lipinski definition) is 1. The van der Waals surface area contributed by atoms with Crippen molar-refractivity contribution >= 4 is 56.0 Å². The molecule has 0 bridgehead atoms. The Labute approximate surface area is 264 Å². The topological polar surface area (TPSA) is 120 Å². The number of thiophene rings is 1. The van der Waals surface area contributed by atoms with Crippen molar-refractivity contribution in [3.63, 3.8) is 0 Å². The van der Waals surface area contributed by atoms with Crippen molar-refractivity contribution < 1.29 is 14.3 Å². The standard InChI is InChI=1S/C33H34N8O3S/c42-24(5-4-23-8-10-34-11-9-23)6-7-30(43)40-14-12-39(13-15-40)22-25-20-29-31(45-25)33(41-16-18-44-19-17-41)37-32(36-29)26-2-1-3-28-27(26)21-35-38-28/h1-5,8-11,20-21H,6-7,12-19,22H2,(H,35,38). The van der Waals surface area contributed by atoms with E-state index in [9.17, 15) is 9.59 Å². The highest BCUT2D eigenvalue weighted by atomic mass is 32.1. The molecule has 230 valence electrons. The highest BCUT2D eigenvalue weighted by Crippen LogP contribution is 2.36. The lowest BCUT2D eigenvalue weighted by Gasteiger charge is -2.34. The molecule has 7 rings (SSSR count). The third-order valence-electron chi connectivity index (χ3n) is 8.30. The summed E-state index contributed by atoms with van der Waals surface area (Å²) >= 11 is 1.75. The number of piperazine rings is 1. The van der Waals surface area contributed by atoms with Gasteiger partial charge < -0.3 is 14.5 Å². The number of fused-ring (bicyclic) bond motifs is 2. The monoisotopic (exact) mass is 622 g/mol. The first-order chi connectivity index (χ1) is 22.1. The summed E-state index contributed by atoms with van der Waals surface area (Å²) in [6.45, 7) is 6.60. The van der Waals surface area contributed by atoms with Crippen LogP contribution in [0.4, 0.5) is 5.82 Å². The van der Waals surface area contributed by atoms with Crippen LogP contribution >= 0.6 is 11.3 Å². The second kappa shape index (κ2) is 13.2. The molecule has 0 radical (unpaired) electrons. The first-order valence-electron chi connectivity index (χ1n) is 15.3. The van der Waals surface area contributed by atoms with Gasteiger partial charge in [0.2, 0.25) is 5.91 Å². The Hall–Kier alpha value is -4.52. The second-order valence-corrected chi connectivity index (χ2v) is 12.4. The van der Waals surface area contributed by atoms with Crippen LogP contribution in [0.5, 0.6) is 0 Å². The first-order valence-corrected chi connectivity index (χ1v) is 16.1. The van der Waals surface area contributed by atoms with E-state index in [-0.39, 0.29) is 24.5 Å². The molecule has 0 unspecified atom stereocenters. The molecule has 45 heavy (non-hydrogen) atoms. The highest BCUT2D eigenvalue weighted by molar-refractivity contribution is 7.19. The third kappa shape index (κ3) is 6.63. The summed E-state index contributed by atoms with van der Waals surface area (Å²) in [7, 11) is 0. The van der Waals surface area contributed by atoms with Gasteiger partial charge in [0, 0.05) is 86.9 Å². The summed E-state index contributed by atoms with van der Waals surface area (Å²) in [5.41, 5.74) is 3.77. The molecule has 11 nitrogen and oxygen atoms in total. The molecule has 0 atom stereocenters. The minimum Gasteiger partial charge on any atom is -0.378 e. The number of anilines is 1. The van der Waals surface area contributed by atoms with Gasteiger partial charge >= 0.3 is 0 Å². The van der Waals surface area contributed by atoms with E-state index in [4.69, 9.17) is 14.7 Å². The van der Waals surface area contributed by atoms with Crippen molar-refractivity contribution in [1.29, 1.82) is 0 Å². The van der Waals surface area contributed by atoms with Crippen LogP contribution in [0.1, 0.15) is 23.3 Å². The zero-order valence-electron chi connectivity index (χ0n) is 24.9. The fourth-order valence-electron chi connectivity index (χ4n) is 5.83. The van der Waals surface area contributed by atoms with Crippen molar-refractivity contribution in [1.82, 2.24) is 34.9 Å². The van der Waals surface area contributed by atoms with Gasteiger partial charge in [-0.15, -0.1) is 11.3 Å². The normalized spacial score (nSPS) is 16.3. The minimum atomic E-state index is -0.0484. The SMILES string of the molecule is O=C(C=Cc1ccncc1)CCC(=O)N1CCN(Cc2cc3nc(-c4cccc5[nH]ncc45)nc(N4CCOCC4)c3s2)CC1. The second-order valence-electron chi connectivity index (χ2n) is 11.3. The average molecular weight is 623 g/mol. The molecular formula is C33H34N8O3S. The number of aromatic nitrogens is 5. The number of rotatable bonds is 9. The molecule has 1 N–H and O–H groups in total. The number of hydrogen-bond acceptors (Lipinski definition) is 10. The summed E-state index contributed by atoms with van der Waals surface area (Å²) < 4.78 is 6.72. The summed E-state index contributed by atoms with van der Waals surface area (Å²) in [5, 5.41) is 8.27. The van der Waals surface area contributed by atoms with Gasteiger partial charge in [0.05, 0.1) is 35.1 Å². The third-order valence-corrected chi connectivity index (χ3v) is 9.40. The highest BCUT2D eigenvalue weighted by Gasteiger charge is 2.24. The maximum atomic E-state index is 12.9. The van der Waals surface area contributed by atoms with Crippen molar-refractivity contribution in [3.05, 3.63) is 71.5 Å². The van der Waals surface area contributed by atoms with Crippen LogP contribution in [0, 0.1) is 0 Å². The smallest absolute Gasteiger partial charge is 0.223 e. The Morgan fingerprint density at radius 2 is 1.80 bits per heavy atom. The number of ketones is 1. The van der Waals surface area contributed by atoms with E-state index in [2.05, 4.69) is 31.0 Å². The van der Waals surface area contributed by atoms with Gasteiger partial charge in [0.1, 0.15) is 0 Å². The fraction of sp³-hybridized carbons (Fsp3) is 0.333. The maximum absolute atomic E-state index is 12.9. The first kappa shape index (κ1) is 29.2. The zero-order valence-corrected chi connectivity index (χ0v) is 25.7. The van der Waals surface area contributed by atoms with Crippen molar-refractivity contribution in [2.45, 2.75) is 19.4 Å². The van der Waals surface area contributed by atoms with Gasteiger partial charge in [0.15, 0.2) is 17.4 Å². The Morgan fingerprint density at radius 3 is 2.62 bits per heavy atom. The number of H-pyrrole nitrogens is 1. The number of benzene rings is 1. The van der Waals surface area contributed by atoms with Crippen LogP contribution < -0.4 is 4.90 Å². The van der Waals surface area contributed by atoms with Gasteiger partial charge in [-0.2, -0.15) is 5.10 Å². The predicted octanol–water partition coefficient (Wildman–Crippen LogP) is 4.17. The van der Waals surface area contributed by atoms with Gasteiger partial charge in [-0.25, -0.2) is 9.97 Å². The Bertz CT molecular complexity index is 1840. The Kier molecular flexibility index (Phi) is 8.58. The Balaban J connectivity index is 1.01. The van der Waals surface area contributed by atoms with E-state index in [1.807, 2.05) is 41.4 Å². The lowest BCUT2D eigenvalue weighted by Crippen LogP contribution is -2.48. The largest absolute Gasteiger partial charge is 0.378 e. The molecule has 5 aromatic rings. The fourth-order valence-corrected chi connectivity index (χ4v) is 6.98. The molecule has 2 fully saturated rings. The number of ether oxygens (including phenoxy) is 1. The molecule has 0 saturated carbocycles. The van der Waals surface area contributed by atoms with Gasteiger partial charge in [-0.05, 0) is 35.9 Å². The van der Waals surface area contributed by atoms with E-state index in [1.54, 1.807) is 35.9 Å². The molecule has 1 aromatic carbocycles. The van der Waals surface area contributed by atoms with Crippen LogP contribution in [-0.4, -0.2) is 99.1 Å². The molecule has 0 aliphatic carbocycles. The number of nitrogens with one attached hydrogen (secondary N) is 1. The van der Waals surface area contributed by atoms with Crippen LogP contribution in [0.15, 0.2) is 61.1 Å². The van der Waals surface area contributed by atoms with E-state index in [0.717, 1.165) is 70.8 Å². The van der Waals surface area contributed by atoms with E-state index in [1.165, 1.54) is 4.88 Å². The summed E-state index contributed by atoms with van der Waals surface area (Å²) in [4.78, 5) is 47.1. The molecule has 2 aliphatic rings. The molecule has 1 amide bonds. The minimum absolute atomic E-state index is 0.0350. The van der Waals surface area contributed by atoms with Crippen LogP contribution in [0.2, 0.25) is 0 Å². The average Bonchev–Trinajstić information content (AvgIpc) is 3.74. The van der Waals surface area contributed by atoms with E-state index in [0.29, 0.717) is 32.1 Å². The van der Waals surface area contributed by atoms with Crippen LogP contribution in [0.25, 0.3) is 38.6 Å². The van der Waals surface area contributed by atoms with Crippen molar-refractivity contribution in [2.75, 3.05) is 57.4 Å². The van der Waals surface area contributed by atoms with Gasteiger partial charge in [-0.1, -0.05) is 18.2 Å². The number of allylic oxidation sites excluding steroid dienone is 1. The number of pyridine rings is 1. The van der Waals surface area contributed by atoms with E-state index < -0.39 is 0 Å². The number of amides is 1. The molecule has 12 heteroatoms. The number of carbonyl (C=O) groups is 2. The lowest BCUT2D eigenvalue weighted by molar-refractivity contribution is -0.134. The van der Waals surface area contributed by atoms with Crippen molar-refractivity contribution in [2.24, 2.45) is 0 Å². The van der Waals surface area contributed by atoms with Gasteiger partial charge in [0.25, 0.3) is 0 Å². The number of nitrogens with zero attached hydrogens (tertiary/aromatic N) is 7. The Morgan fingerprint density at radius 1 is 0.978 bits per heavy atom. The quantitative estimate of drug-likeness (QED) is 0.242. The summed E-state index contributed by atoms with van der Waals surface area (Å²) in [6, 6.07) is 11.9. The molecule has 4 aromatic heterocycles. The molecule has 2 aliphatic heterocycles. The maximum Gasteiger partial charge on any atom is 0.223 e. The van der Waals surface area contributed by atoms with Crippen molar-refractivity contribution in [3.8, 4) is 11.4 Å². The van der Waals surface area contributed by atoms with Gasteiger partial charge in [-0.3, -0.25) is 24.6 Å². The predicted molar refractivity (Wildman–Crippen MR) is 175 cm³/mol. The number of aromatic amines is 1. The summed E-state index contributed by atoms with van der Waals surface area (Å²) in [6.07, 6.45) is 8.95. The van der Waals surface area contributed by atoms with E-state index >= 15 is 0 Å². The number of morpholine rings is 1. The number of carbonyl (C=O) groups excluding carboxylic acids is 2. The zero-order chi connectivity index (χ0) is 30.6. The molecule has 6 heterocycles. The summed E-state index contributed by atoms with van der Waals surface area (Å²) in [5.74, 6) is 1.63. The molecule has 0 spiro atoms.